The first-order chi connectivity index (χ1) is 17.3. The summed E-state index contributed by atoms with van der Waals surface area (Å²) in [5.74, 6) is 0.439. The van der Waals surface area contributed by atoms with Gasteiger partial charge in [0.1, 0.15) is 23.8 Å². The Bertz CT molecular complexity index is 1370. The zero-order valence-electron chi connectivity index (χ0n) is 19.8. The van der Waals surface area contributed by atoms with Crippen LogP contribution in [0.5, 0.6) is 0 Å². The molecule has 1 aromatic carbocycles. The Hall–Kier alpha value is -3.80. The molecule has 1 atom stereocenters. The molecule has 0 bridgehead atoms. The van der Waals surface area contributed by atoms with Gasteiger partial charge in [-0.2, -0.15) is 0 Å². The summed E-state index contributed by atoms with van der Waals surface area (Å²) in [4.78, 5) is 17.5. The van der Waals surface area contributed by atoms with Gasteiger partial charge < -0.3 is 15.7 Å². The molecule has 0 amide bonds. The fourth-order valence-electron chi connectivity index (χ4n) is 4.59. The van der Waals surface area contributed by atoms with Crippen molar-refractivity contribution in [2.45, 2.75) is 45.1 Å². The molecule has 4 aromatic rings. The monoisotopic (exact) mass is 501 g/mol. The number of aromatic nitrogens is 5. The fraction of sp³-hybridized carbons (Fsp3) is 0.375. The number of hydrogen-bond donors (Lipinski definition) is 3. The first-order valence-electron chi connectivity index (χ1n) is 11.5. The SMILES string of the molecule is Cc1nc(N[C@H](C)c2cccc(C(F)F)c2F)c2cc(C3CCNCC3)c3nncn3c2n1.O=CO. The molecule has 3 N–H and O–H groups in total. The van der Waals surface area contributed by atoms with Gasteiger partial charge in [0.25, 0.3) is 12.9 Å². The maximum atomic E-state index is 14.8. The number of rotatable bonds is 5. The number of fused-ring (bicyclic) bond motifs is 3. The van der Waals surface area contributed by atoms with E-state index in [2.05, 4.69) is 30.8 Å². The molecule has 1 saturated heterocycles. The van der Waals surface area contributed by atoms with Gasteiger partial charge in [0, 0.05) is 11.1 Å². The van der Waals surface area contributed by atoms with Crippen LogP contribution in [-0.4, -0.2) is 49.2 Å². The van der Waals surface area contributed by atoms with Crippen molar-refractivity contribution in [1.82, 2.24) is 29.9 Å². The summed E-state index contributed by atoms with van der Waals surface area (Å²) >= 11 is 0. The third-order valence-corrected chi connectivity index (χ3v) is 6.26. The lowest BCUT2D eigenvalue weighted by atomic mass is 9.90. The van der Waals surface area contributed by atoms with E-state index in [1.165, 1.54) is 12.1 Å². The number of piperidine rings is 1. The van der Waals surface area contributed by atoms with E-state index in [-0.39, 0.29) is 12.0 Å². The first kappa shape index (κ1) is 25.3. The highest BCUT2D eigenvalue weighted by molar-refractivity contribution is 5.90. The van der Waals surface area contributed by atoms with Gasteiger partial charge in [0.2, 0.25) is 0 Å². The Morgan fingerprint density at radius 2 is 1.89 bits per heavy atom. The Kier molecular flexibility index (Phi) is 7.63. The minimum Gasteiger partial charge on any atom is -0.483 e. The molecule has 5 rings (SSSR count). The summed E-state index contributed by atoms with van der Waals surface area (Å²) in [5.41, 5.74) is 2.01. The average Bonchev–Trinajstić information content (AvgIpc) is 3.35. The number of carboxylic acid groups (broad SMARTS) is 1. The van der Waals surface area contributed by atoms with Gasteiger partial charge in [-0.05, 0) is 51.8 Å². The lowest BCUT2D eigenvalue weighted by Crippen LogP contribution is -2.27. The molecule has 12 heteroatoms. The summed E-state index contributed by atoms with van der Waals surface area (Å²) < 4.78 is 43.0. The number of anilines is 1. The van der Waals surface area contributed by atoms with E-state index in [1.807, 2.05) is 10.5 Å². The van der Waals surface area contributed by atoms with Crippen LogP contribution in [0.1, 0.15) is 60.7 Å². The number of nitrogens with one attached hydrogen (secondary N) is 2. The smallest absolute Gasteiger partial charge is 0.290 e. The molecule has 190 valence electrons. The van der Waals surface area contributed by atoms with Crippen molar-refractivity contribution in [2.75, 3.05) is 18.4 Å². The summed E-state index contributed by atoms with van der Waals surface area (Å²) in [7, 11) is 0. The van der Waals surface area contributed by atoms with Crippen LogP contribution in [0.15, 0.2) is 30.6 Å². The number of nitrogens with zero attached hydrogens (tertiary/aromatic N) is 5. The Balaban J connectivity index is 0.000000967. The zero-order chi connectivity index (χ0) is 25.8. The van der Waals surface area contributed by atoms with Crippen LogP contribution >= 0.6 is 0 Å². The molecule has 9 nitrogen and oxygen atoms in total. The first-order valence-corrected chi connectivity index (χ1v) is 11.5. The molecular formula is C24H26F3N7O2. The van der Waals surface area contributed by atoms with Crippen LogP contribution in [0, 0.1) is 12.7 Å². The molecule has 1 aliphatic rings. The molecule has 4 heterocycles. The van der Waals surface area contributed by atoms with E-state index in [9.17, 15) is 13.2 Å². The fourth-order valence-corrected chi connectivity index (χ4v) is 4.59. The molecule has 1 aliphatic heterocycles. The van der Waals surface area contributed by atoms with Crippen LogP contribution in [-0.2, 0) is 4.79 Å². The summed E-state index contributed by atoms with van der Waals surface area (Å²) in [6.45, 7) is 5.09. The van der Waals surface area contributed by atoms with Gasteiger partial charge in [-0.1, -0.05) is 18.2 Å². The number of aryl methyl sites for hydroxylation is 1. The minimum atomic E-state index is -2.88. The van der Waals surface area contributed by atoms with Crippen LogP contribution in [0.25, 0.3) is 16.7 Å². The largest absolute Gasteiger partial charge is 0.483 e. The quantitative estimate of drug-likeness (QED) is 0.345. The number of benzene rings is 1. The highest BCUT2D eigenvalue weighted by Gasteiger charge is 2.24. The number of halogens is 3. The molecule has 36 heavy (non-hydrogen) atoms. The van der Waals surface area contributed by atoms with E-state index >= 15 is 0 Å². The number of pyridine rings is 1. The summed E-state index contributed by atoms with van der Waals surface area (Å²) in [6, 6.07) is 5.50. The van der Waals surface area contributed by atoms with Gasteiger partial charge in [-0.3, -0.25) is 9.20 Å². The van der Waals surface area contributed by atoms with Crippen LogP contribution in [0.3, 0.4) is 0 Å². The van der Waals surface area contributed by atoms with E-state index in [0.29, 0.717) is 23.2 Å². The topological polar surface area (TPSA) is 117 Å². The van der Waals surface area contributed by atoms with Gasteiger partial charge in [-0.25, -0.2) is 23.1 Å². The lowest BCUT2D eigenvalue weighted by molar-refractivity contribution is -0.122. The molecular weight excluding hydrogens is 475 g/mol. The number of hydrogen-bond acceptors (Lipinski definition) is 7. The van der Waals surface area contributed by atoms with Crippen LogP contribution in [0.4, 0.5) is 19.0 Å². The van der Waals surface area contributed by atoms with E-state index in [0.717, 1.165) is 48.6 Å². The zero-order valence-corrected chi connectivity index (χ0v) is 19.8. The molecule has 0 radical (unpaired) electrons. The molecule has 0 aliphatic carbocycles. The second-order valence-corrected chi connectivity index (χ2v) is 8.53. The predicted octanol–water partition coefficient (Wildman–Crippen LogP) is 4.40. The van der Waals surface area contributed by atoms with Crippen LogP contribution < -0.4 is 10.6 Å². The highest BCUT2D eigenvalue weighted by atomic mass is 19.3. The molecule has 1 fully saturated rings. The van der Waals surface area contributed by atoms with Gasteiger partial charge >= 0.3 is 0 Å². The van der Waals surface area contributed by atoms with Gasteiger partial charge in [0.05, 0.1) is 17.0 Å². The molecule has 3 aromatic heterocycles. The number of alkyl halides is 2. The Labute approximate surface area is 204 Å². The predicted molar refractivity (Wildman–Crippen MR) is 128 cm³/mol. The van der Waals surface area contributed by atoms with Crippen molar-refractivity contribution in [2.24, 2.45) is 0 Å². The molecule has 0 unspecified atom stereocenters. The van der Waals surface area contributed by atoms with E-state index < -0.39 is 23.8 Å². The summed E-state index contributed by atoms with van der Waals surface area (Å²) in [5, 5.41) is 22.7. The molecule has 0 spiro atoms. The van der Waals surface area contributed by atoms with Gasteiger partial charge in [-0.15, -0.1) is 10.2 Å². The van der Waals surface area contributed by atoms with Crippen molar-refractivity contribution >= 4 is 29.0 Å². The second kappa shape index (κ2) is 10.9. The standard InChI is InChI=1S/C23H24F3N7.CH2O2/c1-12(15-4-3-5-16(19(15)24)20(25)26)29-21-18-10-17(14-6-8-27-9-7-14)23-32-28-11-33(23)22(18)31-13(2)30-21;2-1-3/h3-5,10-12,14,20,27H,6-9H2,1-2H3,(H,29,30,31);1H,(H,2,3)/t12-;/m1./s1. The summed E-state index contributed by atoms with van der Waals surface area (Å²) in [6.07, 6.45) is 0.707. The lowest BCUT2D eigenvalue weighted by Gasteiger charge is -2.24. The minimum absolute atomic E-state index is 0.154. The maximum absolute atomic E-state index is 14.8. The van der Waals surface area contributed by atoms with Gasteiger partial charge in [0.15, 0.2) is 11.3 Å². The van der Waals surface area contributed by atoms with Crippen molar-refractivity contribution in [3.05, 3.63) is 58.9 Å². The van der Waals surface area contributed by atoms with Crippen molar-refractivity contribution < 1.29 is 23.1 Å². The third kappa shape index (κ3) is 4.94. The third-order valence-electron chi connectivity index (χ3n) is 6.26. The van der Waals surface area contributed by atoms with Crippen LogP contribution in [0.2, 0.25) is 0 Å². The second-order valence-electron chi connectivity index (χ2n) is 8.53. The van der Waals surface area contributed by atoms with Crippen molar-refractivity contribution in [3.8, 4) is 0 Å². The molecule has 0 saturated carbocycles. The average molecular weight is 502 g/mol. The van der Waals surface area contributed by atoms with Crippen molar-refractivity contribution in [1.29, 1.82) is 0 Å². The maximum Gasteiger partial charge on any atom is 0.290 e. The van der Waals surface area contributed by atoms with Crippen molar-refractivity contribution in [3.63, 3.8) is 0 Å². The normalized spacial score (nSPS) is 15.1. The number of carbonyl (C=O) groups is 1. The Morgan fingerprint density at radius 3 is 2.58 bits per heavy atom. The highest BCUT2D eigenvalue weighted by Crippen LogP contribution is 2.34. The van der Waals surface area contributed by atoms with E-state index in [4.69, 9.17) is 9.90 Å². The van der Waals surface area contributed by atoms with E-state index in [1.54, 1.807) is 20.2 Å². The Morgan fingerprint density at radius 1 is 1.19 bits per heavy atom.